The first-order chi connectivity index (χ1) is 8.03. The number of hydrogen-bond donors (Lipinski definition) is 1. The Morgan fingerprint density at radius 3 is 2.88 bits per heavy atom. The average Bonchev–Trinajstić information content (AvgIpc) is 2.65. The average molecular weight is 291 g/mol. The molecule has 0 unspecified atom stereocenters. The molecule has 0 aliphatic heterocycles. The van der Waals surface area contributed by atoms with Crippen molar-refractivity contribution in [3.05, 3.63) is 18.2 Å². The van der Waals surface area contributed by atoms with E-state index in [1.807, 2.05) is 0 Å². The Morgan fingerprint density at radius 1 is 1.41 bits per heavy atom. The van der Waals surface area contributed by atoms with Gasteiger partial charge in [0.25, 0.3) is 0 Å². The molecule has 17 heavy (non-hydrogen) atoms. The van der Waals surface area contributed by atoms with Crippen molar-refractivity contribution in [2.75, 3.05) is 17.4 Å². The molecule has 92 valence electrons. The van der Waals surface area contributed by atoms with Gasteiger partial charge in [-0.1, -0.05) is 11.3 Å². The number of aromatic nitrogens is 1. The lowest BCUT2D eigenvalue weighted by atomic mass is 10.3. The van der Waals surface area contributed by atoms with Crippen LogP contribution in [0.25, 0.3) is 10.2 Å². The van der Waals surface area contributed by atoms with Crippen LogP contribution < -0.4 is 5.73 Å². The fraction of sp³-hybridized carbons (Fsp3) is 0.300. The van der Waals surface area contributed by atoms with Crippen molar-refractivity contribution in [1.82, 2.24) is 4.98 Å². The largest absolute Gasteiger partial charge is 0.375 e. The Kier molecular flexibility index (Phi) is 3.56. The number of halogens is 1. The van der Waals surface area contributed by atoms with Gasteiger partial charge >= 0.3 is 0 Å². The number of benzene rings is 1. The molecule has 0 amide bonds. The van der Waals surface area contributed by atoms with Gasteiger partial charge in [0.1, 0.15) is 0 Å². The van der Waals surface area contributed by atoms with Crippen LogP contribution in [0.1, 0.15) is 6.42 Å². The quantitative estimate of drug-likeness (QED) is 0.877. The zero-order chi connectivity index (χ0) is 12.5. The van der Waals surface area contributed by atoms with Gasteiger partial charge in [0.05, 0.1) is 20.9 Å². The molecule has 0 aliphatic rings. The maximum atomic E-state index is 11.9. The number of nitrogens with two attached hydrogens (primary N) is 1. The van der Waals surface area contributed by atoms with Crippen LogP contribution in [0, 0.1) is 0 Å². The summed E-state index contributed by atoms with van der Waals surface area (Å²) in [4.78, 5) is 4.38. The fourth-order valence-corrected chi connectivity index (χ4v) is 3.95. The molecule has 2 rings (SSSR count). The first-order valence-corrected chi connectivity index (χ1v) is 7.98. The van der Waals surface area contributed by atoms with E-state index in [1.54, 1.807) is 18.2 Å². The molecule has 0 fully saturated rings. The maximum absolute atomic E-state index is 11.9. The summed E-state index contributed by atoms with van der Waals surface area (Å²) in [6.07, 6.45) is 0.451. The fourth-order valence-electron chi connectivity index (χ4n) is 1.48. The summed E-state index contributed by atoms with van der Waals surface area (Å²) in [5.41, 5.74) is 6.30. The Morgan fingerprint density at radius 2 is 2.18 bits per heavy atom. The molecule has 0 radical (unpaired) electrons. The van der Waals surface area contributed by atoms with Crippen molar-refractivity contribution in [2.45, 2.75) is 11.3 Å². The minimum Gasteiger partial charge on any atom is -0.375 e. The Bertz CT molecular complexity index is 637. The number of sulfone groups is 1. The van der Waals surface area contributed by atoms with Gasteiger partial charge in [0.15, 0.2) is 15.0 Å². The van der Waals surface area contributed by atoms with E-state index in [1.165, 1.54) is 11.3 Å². The SMILES string of the molecule is Nc1nc2ccc(S(=O)(=O)CCCCl)cc2s1. The first kappa shape index (κ1) is 12.6. The van der Waals surface area contributed by atoms with Crippen LogP contribution in [0.3, 0.4) is 0 Å². The number of anilines is 1. The van der Waals surface area contributed by atoms with Crippen molar-refractivity contribution in [2.24, 2.45) is 0 Å². The number of nitrogen functional groups attached to an aromatic ring is 1. The molecule has 4 nitrogen and oxygen atoms in total. The van der Waals surface area contributed by atoms with Gasteiger partial charge in [-0.3, -0.25) is 0 Å². The Balaban J connectivity index is 2.42. The first-order valence-electron chi connectivity index (χ1n) is 4.98. The van der Waals surface area contributed by atoms with Gasteiger partial charge in [0.2, 0.25) is 0 Å². The molecule has 1 aromatic heterocycles. The van der Waals surface area contributed by atoms with Crippen molar-refractivity contribution < 1.29 is 8.42 Å². The third-order valence-corrected chi connectivity index (χ3v) is 5.20. The number of rotatable bonds is 4. The minimum atomic E-state index is -3.25. The second kappa shape index (κ2) is 4.80. The predicted molar refractivity (Wildman–Crippen MR) is 71.4 cm³/mol. The standard InChI is InChI=1S/C10H11ClN2O2S2/c11-4-1-5-17(14,15)7-2-3-8-9(6-7)16-10(12)13-8/h2-3,6H,1,4-5H2,(H2,12,13). The predicted octanol–water partition coefficient (Wildman–Crippen LogP) is 2.28. The molecule has 7 heteroatoms. The van der Waals surface area contributed by atoms with Crippen molar-refractivity contribution in [3.8, 4) is 0 Å². The van der Waals surface area contributed by atoms with Crippen LogP contribution in [0.2, 0.25) is 0 Å². The van der Waals surface area contributed by atoms with Crippen LogP contribution in [0.4, 0.5) is 5.13 Å². The highest BCUT2D eigenvalue weighted by Crippen LogP contribution is 2.26. The van der Waals surface area contributed by atoms with E-state index in [2.05, 4.69) is 4.98 Å². The van der Waals surface area contributed by atoms with E-state index in [-0.39, 0.29) is 5.75 Å². The lowest BCUT2D eigenvalue weighted by molar-refractivity contribution is 0.595. The molecular weight excluding hydrogens is 280 g/mol. The van der Waals surface area contributed by atoms with Crippen LogP contribution in [0.15, 0.2) is 23.1 Å². The lowest BCUT2D eigenvalue weighted by Crippen LogP contribution is -2.07. The summed E-state index contributed by atoms with van der Waals surface area (Å²) in [6, 6.07) is 4.85. The Labute approximate surface area is 108 Å². The maximum Gasteiger partial charge on any atom is 0.181 e. The van der Waals surface area contributed by atoms with E-state index in [4.69, 9.17) is 17.3 Å². The topological polar surface area (TPSA) is 73.0 Å². The molecule has 1 aromatic carbocycles. The van der Waals surface area contributed by atoms with Gasteiger partial charge in [-0.2, -0.15) is 0 Å². The lowest BCUT2D eigenvalue weighted by Gasteiger charge is -2.02. The van der Waals surface area contributed by atoms with Gasteiger partial charge in [-0.25, -0.2) is 13.4 Å². The van der Waals surface area contributed by atoms with Crippen LogP contribution in [-0.4, -0.2) is 25.0 Å². The number of thiazole rings is 1. The number of fused-ring (bicyclic) bond motifs is 1. The summed E-state index contributed by atoms with van der Waals surface area (Å²) in [5.74, 6) is 0.408. The molecule has 0 saturated heterocycles. The third kappa shape index (κ3) is 2.70. The van der Waals surface area contributed by atoms with Crippen LogP contribution >= 0.6 is 22.9 Å². The van der Waals surface area contributed by atoms with Crippen LogP contribution in [0.5, 0.6) is 0 Å². The number of alkyl halides is 1. The highest BCUT2D eigenvalue weighted by Gasteiger charge is 2.15. The zero-order valence-electron chi connectivity index (χ0n) is 8.89. The smallest absolute Gasteiger partial charge is 0.181 e. The van der Waals surface area contributed by atoms with Crippen molar-refractivity contribution >= 4 is 48.1 Å². The molecule has 2 N–H and O–H groups in total. The summed E-state index contributed by atoms with van der Waals surface area (Å²) >= 11 is 6.79. The van der Waals surface area contributed by atoms with Crippen LogP contribution in [-0.2, 0) is 9.84 Å². The Hall–Kier alpha value is -0.850. The second-order valence-electron chi connectivity index (χ2n) is 3.54. The number of hydrogen-bond acceptors (Lipinski definition) is 5. The van der Waals surface area contributed by atoms with E-state index >= 15 is 0 Å². The van der Waals surface area contributed by atoms with E-state index < -0.39 is 9.84 Å². The molecule has 0 atom stereocenters. The molecule has 0 saturated carbocycles. The summed E-state index contributed by atoms with van der Waals surface area (Å²) in [7, 11) is -3.25. The molecule has 0 spiro atoms. The van der Waals surface area contributed by atoms with Gasteiger partial charge < -0.3 is 5.73 Å². The normalized spacial score (nSPS) is 12.1. The second-order valence-corrected chi connectivity index (χ2v) is 7.09. The van der Waals surface area contributed by atoms with E-state index in [9.17, 15) is 8.42 Å². The summed E-state index contributed by atoms with van der Waals surface area (Å²) in [5, 5.41) is 0.440. The van der Waals surface area contributed by atoms with Crippen molar-refractivity contribution in [1.29, 1.82) is 0 Å². The molecule has 0 aliphatic carbocycles. The summed E-state index contributed by atoms with van der Waals surface area (Å²) < 4.78 is 24.7. The van der Waals surface area contributed by atoms with Gasteiger partial charge in [-0.05, 0) is 24.6 Å². The molecule has 0 bridgehead atoms. The third-order valence-electron chi connectivity index (χ3n) is 2.28. The van der Waals surface area contributed by atoms with E-state index in [0.29, 0.717) is 22.3 Å². The zero-order valence-corrected chi connectivity index (χ0v) is 11.3. The van der Waals surface area contributed by atoms with Gasteiger partial charge in [0, 0.05) is 5.88 Å². The molecular formula is C10H11ClN2O2S2. The van der Waals surface area contributed by atoms with Gasteiger partial charge in [-0.15, -0.1) is 11.6 Å². The minimum absolute atomic E-state index is 0.0658. The highest BCUT2D eigenvalue weighted by atomic mass is 35.5. The highest BCUT2D eigenvalue weighted by molar-refractivity contribution is 7.91. The van der Waals surface area contributed by atoms with Crippen molar-refractivity contribution in [3.63, 3.8) is 0 Å². The summed E-state index contributed by atoms with van der Waals surface area (Å²) in [6.45, 7) is 0. The monoisotopic (exact) mass is 290 g/mol. The number of nitrogens with zero attached hydrogens (tertiary/aromatic N) is 1. The molecule has 1 heterocycles. The molecule has 2 aromatic rings. The van der Waals surface area contributed by atoms with E-state index in [0.717, 1.165) is 10.2 Å².